The van der Waals surface area contributed by atoms with Gasteiger partial charge in [0.25, 0.3) is 0 Å². The minimum Gasteiger partial charge on any atom is -0.306 e. The van der Waals surface area contributed by atoms with E-state index in [4.69, 9.17) is 19.9 Å². The second-order valence-corrected chi connectivity index (χ2v) is 14.3. The fourth-order valence-electron chi connectivity index (χ4n) is 8.12. The van der Waals surface area contributed by atoms with Gasteiger partial charge >= 0.3 is 0 Å². The van der Waals surface area contributed by atoms with Gasteiger partial charge in [-0.2, -0.15) is 0 Å². The third kappa shape index (κ3) is 5.64. The number of pyridine rings is 2. The molecule has 266 valence electrons. The van der Waals surface area contributed by atoms with Crippen LogP contribution in [-0.4, -0.2) is 24.3 Å². The molecule has 0 aliphatic carbocycles. The molecule has 5 nitrogen and oxygen atoms in total. The highest BCUT2D eigenvalue weighted by Gasteiger charge is 2.22. The van der Waals surface area contributed by atoms with Crippen LogP contribution in [0.2, 0.25) is 0 Å². The molecule has 0 saturated heterocycles. The Kier molecular flexibility index (Phi) is 7.74. The Morgan fingerprint density at radius 3 is 1.63 bits per heavy atom. The number of imidazole rings is 1. The summed E-state index contributed by atoms with van der Waals surface area (Å²) in [5.41, 5.74) is 12.6. The lowest BCUT2D eigenvalue weighted by Crippen LogP contribution is -2.01. The standard InChI is InChI=1S/C52H33N5/c1-4-16-35(17-5-1)45-33-57-32-31-43-47(52(57)54-45)42-24-12-13-26-44(42)53-48(43)39-29-27-36(28-30-39)46-49(37-18-6-2-7-19-37)55-51(56-50(46)38-20-8-3-9-21-38)41-25-14-22-34-15-10-11-23-40(34)41/h1-33H. The maximum Gasteiger partial charge on any atom is 0.161 e. The zero-order valence-electron chi connectivity index (χ0n) is 30.8. The van der Waals surface area contributed by atoms with E-state index in [9.17, 15) is 0 Å². The summed E-state index contributed by atoms with van der Waals surface area (Å²) in [6.45, 7) is 0. The highest BCUT2D eigenvalue weighted by atomic mass is 15.0. The summed E-state index contributed by atoms with van der Waals surface area (Å²) in [6, 6.07) is 65.3. The molecule has 5 heteroatoms. The fourth-order valence-corrected chi connectivity index (χ4v) is 8.12. The molecule has 0 amide bonds. The third-order valence-electron chi connectivity index (χ3n) is 10.8. The van der Waals surface area contributed by atoms with Crippen LogP contribution >= 0.6 is 0 Å². The van der Waals surface area contributed by atoms with Crippen molar-refractivity contribution in [2.45, 2.75) is 0 Å². The molecule has 0 radical (unpaired) electrons. The van der Waals surface area contributed by atoms with E-state index in [1.807, 2.05) is 24.3 Å². The highest BCUT2D eigenvalue weighted by Crippen LogP contribution is 2.42. The van der Waals surface area contributed by atoms with Crippen LogP contribution in [-0.2, 0) is 0 Å². The number of aromatic nitrogens is 5. The number of para-hydroxylation sites is 1. The van der Waals surface area contributed by atoms with Crippen LogP contribution < -0.4 is 0 Å². The van der Waals surface area contributed by atoms with Crippen LogP contribution in [0.1, 0.15) is 0 Å². The van der Waals surface area contributed by atoms with Crippen molar-refractivity contribution >= 4 is 38.1 Å². The Bertz CT molecular complexity index is 3200. The van der Waals surface area contributed by atoms with Crippen molar-refractivity contribution in [2.24, 2.45) is 0 Å². The van der Waals surface area contributed by atoms with Gasteiger partial charge in [0.05, 0.1) is 28.3 Å². The van der Waals surface area contributed by atoms with E-state index >= 15 is 0 Å². The van der Waals surface area contributed by atoms with E-state index in [0.717, 1.165) is 99.8 Å². The van der Waals surface area contributed by atoms with E-state index < -0.39 is 0 Å². The molecular weight excluding hydrogens is 695 g/mol. The van der Waals surface area contributed by atoms with Crippen molar-refractivity contribution in [1.29, 1.82) is 0 Å². The molecule has 0 fully saturated rings. The number of rotatable bonds is 6. The fraction of sp³-hybridized carbons (Fsp3) is 0. The molecule has 0 spiro atoms. The molecule has 4 aromatic heterocycles. The molecule has 0 atom stereocenters. The Hall–Kier alpha value is -7.76. The lowest BCUT2D eigenvalue weighted by Gasteiger charge is -2.18. The molecule has 4 heterocycles. The SMILES string of the molecule is c1ccc(-c2cn3ccc4c(-c5ccc(-c6c(-c7ccccc7)nc(-c7cccc8ccccc78)nc6-c6ccccc6)cc5)nc5ccccc5c4c3n2)cc1. The largest absolute Gasteiger partial charge is 0.306 e. The van der Waals surface area contributed by atoms with E-state index in [1.165, 1.54) is 0 Å². The van der Waals surface area contributed by atoms with Gasteiger partial charge in [-0.1, -0.05) is 176 Å². The summed E-state index contributed by atoms with van der Waals surface area (Å²) in [5.74, 6) is 0.692. The lowest BCUT2D eigenvalue weighted by molar-refractivity contribution is 1.19. The van der Waals surface area contributed by atoms with Gasteiger partial charge < -0.3 is 4.40 Å². The Balaban J connectivity index is 1.12. The summed E-state index contributed by atoms with van der Waals surface area (Å²) in [4.78, 5) is 21.3. The quantitative estimate of drug-likeness (QED) is 0.160. The first-order chi connectivity index (χ1) is 28.3. The third-order valence-corrected chi connectivity index (χ3v) is 10.8. The minimum atomic E-state index is 0.692. The van der Waals surface area contributed by atoms with Crippen LogP contribution in [0.5, 0.6) is 0 Å². The molecule has 11 aromatic rings. The van der Waals surface area contributed by atoms with Gasteiger partial charge in [0, 0.05) is 61.9 Å². The van der Waals surface area contributed by atoms with Gasteiger partial charge in [0.15, 0.2) is 5.82 Å². The maximum absolute atomic E-state index is 5.40. The first-order valence-electron chi connectivity index (χ1n) is 19.1. The highest BCUT2D eigenvalue weighted by molar-refractivity contribution is 6.17. The summed E-state index contributed by atoms with van der Waals surface area (Å²) in [5, 5.41) is 5.48. The number of hydrogen-bond acceptors (Lipinski definition) is 4. The molecule has 57 heavy (non-hydrogen) atoms. The zero-order valence-corrected chi connectivity index (χ0v) is 30.8. The molecule has 0 aliphatic rings. The van der Waals surface area contributed by atoms with E-state index in [2.05, 4.69) is 181 Å². The summed E-state index contributed by atoms with van der Waals surface area (Å²) in [6.07, 6.45) is 4.20. The monoisotopic (exact) mass is 727 g/mol. The van der Waals surface area contributed by atoms with Gasteiger partial charge in [0.1, 0.15) is 5.65 Å². The molecule has 0 bridgehead atoms. The molecule has 0 N–H and O–H groups in total. The predicted molar refractivity (Wildman–Crippen MR) is 234 cm³/mol. The van der Waals surface area contributed by atoms with Crippen LogP contribution in [0.25, 0.3) is 106 Å². The van der Waals surface area contributed by atoms with Gasteiger partial charge in [-0.05, 0) is 28.5 Å². The van der Waals surface area contributed by atoms with Crippen LogP contribution in [0, 0.1) is 0 Å². The lowest BCUT2D eigenvalue weighted by atomic mass is 9.92. The summed E-state index contributed by atoms with van der Waals surface area (Å²) < 4.78 is 2.13. The topological polar surface area (TPSA) is 56.0 Å². The summed E-state index contributed by atoms with van der Waals surface area (Å²) in [7, 11) is 0. The van der Waals surface area contributed by atoms with E-state index in [1.54, 1.807) is 0 Å². The van der Waals surface area contributed by atoms with E-state index in [0.29, 0.717) is 5.82 Å². The average molecular weight is 728 g/mol. The van der Waals surface area contributed by atoms with Gasteiger partial charge in [0.2, 0.25) is 0 Å². The van der Waals surface area contributed by atoms with Gasteiger partial charge in [-0.3, -0.25) is 0 Å². The minimum absolute atomic E-state index is 0.692. The molecule has 0 saturated carbocycles. The van der Waals surface area contributed by atoms with Crippen molar-refractivity contribution in [3.8, 4) is 67.5 Å². The second-order valence-electron chi connectivity index (χ2n) is 14.3. The molecule has 11 rings (SSSR count). The van der Waals surface area contributed by atoms with E-state index in [-0.39, 0.29) is 0 Å². The Labute approximate surface area is 329 Å². The molecule has 0 aliphatic heterocycles. The van der Waals surface area contributed by atoms with Gasteiger partial charge in [-0.25, -0.2) is 19.9 Å². The number of fused-ring (bicyclic) bond motifs is 6. The smallest absolute Gasteiger partial charge is 0.161 e. The molecular formula is C52H33N5. The van der Waals surface area contributed by atoms with Gasteiger partial charge in [-0.15, -0.1) is 0 Å². The van der Waals surface area contributed by atoms with Crippen LogP contribution in [0.4, 0.5) is 0 Å². The first-order valence-corrected chi connectivity index (χ1v) is 19.1. The average Bonchev–Trinajstić information content (AvgIpc) is 3.74. The first kappa shape index (κ1) is 32.7. The van der Waals surface area contributed by atoms with Crippen molar-refractivity contribution in [1.82, 2.24) is 24.3 Å². The summed E-state index contributed by atoms with van der Waals surface area (Å²) >= 11 is 0. The van der Waals surface area contributed by atoms with Crippen molar-refractivity contribution < 1.29 is 0 Å². The Morgan fingerprint density at radius 2 is 0.930 bits per heavy atom. The predicted octanol–water partition coefficient (Wildman–Crippen LogP) is 13.0. The second kappa shape index (κ2) is 13.5. The van der Waals surface area contributed by atoms with Crippen molar-refractivity contribution in [3.05, 3.63) is 200 Å². The normalized spacial score (nSPS) is 11.5. The van der Waals surface area contributed by atoms with Crippen LogP contribution in [0.3, 0.4) is 0 Å². The van der Waals surface area contributed by atoms with Crippen molar-refractivity contribution in [2.75, 3.05) is 0 Å². The number of hydrogen-bond donors (Lipinski definition) is 0. The van der Waals surface area contributed by atoms with Crippen molar-refractivity contribution in [3.63, 3.8) is 0 Å². The molecule has 7 aromatic carbocycles. The molecule has 0 unspecified atom stereocenters. The number of benzene rings is 7. The maximum atomic E-state index is 5.40. The zero-order chi connectivity index (χ0) is 37.7. The van der Waals surface area contributed by atoms with Crippen LogP contribution in [0.15, 0.2) is 200 Å². The number of nitrogens with zero attached hydrogens (tertiary/aromatic N) is 5. The Morgan fingerprint density at radius 1 is 0.368 bits per heavy atom.